The molecular weight excluding hydrogens is 224 g/mol. The molecule has 0 bridgehead atoms. The van der Waals surface area contributed by atoms with Crippen molar-refractivity contribution >= 4 is 11.0 Å². The molecule has 1 fully saturated rings. The molecule has 1 saturated carbocycles. The van der Waals surface area contributed by atoms with E-state index in [9.17, 15) is 4.79 Å². The van der Waals surface area contributed by atoms with Gasteiger partial charge >= 0.3 is 5.69 Å². The summed E-state index contributed by atoms with van der Waals surface area (Å²) in [5.74, 6) is 0.809. The Bertz CT molecular complexity index is 615. The van der Waals surface area contributed by atoms with E-state index in [0.717, 1.165) is 35.4 Å². The molecule has 1 heterocycles. The molecule has 0 radical (unpaired) electrons. The third-order valence-electron chi connectivity index (χ3n) is 4.31. The van der Waals surface area contributed by atoms with Crippen molar-refractivity contribution in [1.29, 1.82) is 0 Å². The van der Waals surface area contributed by atoms with Gasteiger partial charge in [-0.15, -0.1) is 0 Å². The van der Waals surface area contributed by atoms with E-state index in [2.05, 4.69) is 18.0 Å². The Morgan fingerprint density at radius 3 is 2.67 bits per heavy atom. The Hall–Kier alpha value is -1.51. The van der Waals surface area contributed by atoms with Crippen molar-refractivity contribution in [2.24, 2.45) is 5.92 Å². The summed E-state index contributed by atoms with van der Waals surface area (Å²) in [6, 6.07) is 6.51. The number of benzene rings is 1. The fourth-order valence-corrected chi connectivity index (χ4v) is 3.16. The number of fused-ring (bicyclic) bond motifs is 1. The van der Waals surface area contributed by atoms with Gasteiger partial charge in [-0.05, 0) is 50.2 Å². The number of hydrogen-bond donors (Lipinski definition) is 1. The number of imidazole rings is 1. The summed E-state index contributed by atoms with van der Waals surface area (Å²) in [7, 11) is 0. The van der Waals surface area contributed by atoms with Crippen molar-refractivity contribution < 1.29 is 0 Å². The Morgan fingerprint density at radius 1 is 1.22 bits per heavy atom. The number of aromatic amines is 1. The molecule has 0 saturated heterocycles. The number of aromatic nitrogens is 2. The molecule has 1 N–H and O–H groups in total. The van der Waals surface area contributed by atoms with Crippen LogP contribution in [0.3, 0.4) is 0 Å². The number of nitrogens with one attached hydrogen (secondary N) is 1. The van der Waals surface area contributed by atoms with E-state index in [0.29, 0.717) is 6.04 Å². The van der Waals surface area contributed by atoms with Crippen molar-refractivity contribution in [3.8, 4) is 0 Å². The first-order chi connectivity index (χ1) is 8.66. The second kappa shape index (κ2) is 4.30. The molecule has 3 heteroatoms. The molecule has 0 atom stereocenters. The topological polar surface area (TPSA) is 37.8 Å². The van der Waals surface area contributed by atoms with Crippen LogP contribution in [0.1, 0.15) is 44.2 Å². The minimum Gasteiger partial charge on any atom is -0.305 e. The maximum absolute atomic E-state index is 12.2. The van der Waals surface area contributed by atoms with Gasteiger partial charge in [-0.3, -0.25) is 4.57 Å². The van der Waals surface area contributed by atoms with E-state index in [1.54, 1.807) is 0 Å². The molecule has 1 aliphatic rings. The summed E-state index contributed by atoms with van der Waals surface area (Å²) in [6.45, 7) is 4.35. The van der Waals surface area contributed by atoms with Gasteiger partial charge in [-0.1, -0.05) is 19.1 Å². The maximum Gasteiger partial charge on any atom is 0.326 e. The predicted octanol–water partition coefficient (Wildman–Crippen LogP) is 3.39. The minimum atomic E-state index is 0.0545. The number of H-pyrrole nitrogens is 1. The molecule has 18 heavy (non-hydrogen) atoms. The molecule has 0 unspecified atom stereocenters. The van der Waals surface area contributed by atoms with Gasteiger partial charge in [0.05, 0.1) is 11.0 Å². The first-order valence-electron chi connectivity index (χ1n) is 6.86. The molecule has 1 aromatic heterocycles. The molecular formula is C15H20N2O. The zero-order valence-electron chi connectivity index (χ0n) is 11.1. The highest BCUT2D eigenvalue weighted by atomic mass is 16.1. The highest BCUT2D eigenvalue weighted by molar-refractivity contribution is 5.78. The van der Waals surface area contributed by atoms with Crippen LogP contribution in [0.5, 0.6) is 0 Å². The van der Waals surface area contributed by atoms with Crippen molar-refractivity contribution in [3.05, 3.63) is 34.2 Å². The lowest BCUT2D eigenvalue weighted by atomic mass is 9.87. The van der Waals surface area contributed by atoms with Crippen LogP contribution >= 0.6 is 0 Å². The minimum absolute atomic E-state index is 0.0545. The summed E-state index contributed by atoms with van der Waals surface area (Å²) in [5, 5.41) is 0. The number of hydrogen-bond acceptors (Lipinski definition) is 1. The van der Waals surface area contributed by atoms with Crippen molar-refractivity contribution in [1.82, 2.24) is 9.55 Å². The van der Waals surface area contributed by atoms with E-state index in [4.69, 9.17) is 0 Å². The van der Waals surface area contributed by atoms with Crippen LogP contribution in [0.2, 0.25) is 0 Å². The van der Waals surface area contributed by atoms with Crippen molar-refractivity contribution in [2.75, 3.05) is 0 Å². The van der Waals surface area contributed by atoms with Gasteiger partial charge in [0.25, 0.3) is 0 Å². The van der Waals surface area contributed by atoms with Crippen molar-refractivity contribution in [2.45, 2.75) is 45.6 Å². The highest BCUT2D eigenvalue weighted by Crippen LogP contribution is 2.32. The number of aryl methyl sites for hydroxylation is 1. The van der Waals surface area contributed by atoms with E-state index in [-0.39, 0.29) is 5.69 Å². The predicted molar refractivity (Wildman–Crippen MR) is 74.0 cm³/mol. The lowest BCUT2D eigenvalue weighted by molar-refractivity contribution is 0.290. The normalized spacial score (nSPS) is 24.6. The fraction of sp³-hybridized carbons (Fsp3) is 0.533. The van der Waals surface area contributed by atoms with Crippen LogP contribution in [0.25, 0.3) is 11.0 Å². The second-order valence-corrected chi connectivity index (χ2v) is 5.68. The molecule has 0 aliphatic heterocycles. The summed E-state index contributed by atoms with van der Waals surface area (Å²) < 4.78 is 1.98. The Balaban J connectivity index is 2.09. The summed E-state index contributed by atoms with van der Waals surface area (Å²) in [6.07, 6.45) is 4.72. The van der Waals surface area contributed by atoms with Crippen molar-refractivity contribution in [3.63, 3.8) is 0 Å². The largest absolute Gasteiger partial charge is 0.326 e. The van der Waals surface area contributed by atoms with Crippen LogP contribution in [0.4, 0.5) is 0 Å². The molecule has 2 aromatic rings. The lowest BCUT2D eigenvalue weighted by Crippen LogP contribution is -2.25. The van der Waals surface area contributed by atoms with Gasteiger partial charge in [0.15, 0.2) is 0 Å². The van der Waals surface area contributed by atoms with Gasteiger partial charge < -0.3 is 4.98 Å². The smallest absolute Gasteiger partial charge is 0.305 e. The number of para-hydroxylation sites is 1. The van der Waals surface area contributed by atoms with E-state index >= 15 is 0 Å². The molecule has 1 aromatic carbocycles. The van der Waals surface area contributed by atoms with Crippen LogP contribution < -0.4 is 5.69 Å². The lowest BCUT2D eigenvalue weighted by Gasteiger charge is -2.27. The standard InChI is InChI=1S/C15H20N2O/c1-10-6-8-12(9-7-10)17-13-5-3-4-11(2)14(13)16-15(17)18/h3-5,10,12H,6-9H2,1-2H3,(H,16,18). The zero-order chi connectivity index (χ0) is 12.7. The second-order valence-electron chi connectivity index (χ2n) is 5.68. The van der Waals surface area contributed by atoms with E-state index < -0.39 is 0 Å². The number of nitrogens with zero attached hydrogens (tertiary/aromatic N) is 1. The summed E-state index contributed by atoms with van der Waals surface area (Å²) in [5.41, 5.74) is 3.27. The van der Waals surface area contributed by atoms with Gasteiger partial charge in [-0.2, -0.15) is 0 Å². The van der Waals surface area contributed by atoms with E-state index in [1.807, 2.05) is 23.6 Å². The third-order valence-corrected chi connectivity index (χ3v) is 4.31. The van der Waals surface area contributed by atoms with Crippen LogP contribution in [-0.2, 0) is 0 Å². The monoisotopic (exact) mass is 244 g/mol. The Labute approximate surface area is 107 Å². The molecule has 3 rings (SSSR count). The molecule has 0 amide bonds. The van der Waals surface area contributed by atoms with Crippen LogP contribution in [0.15, 0.2) is 23.0 Å². The highest BCUT2D eigenvalue weighted by Gasteiger charge is 2.22. The zero-order valence-corrected chi connectivity index (χ0v) is 11.1. The van der Waals surface area contributed by atoms with E-state index in [1.165, 1.54) is 12.8 Å². The summed E-state index contributed by atoms with van der Waals surface area (Å²) >= 11 is 0. The van der Waals surface area contributed by atoms with Gasteiger partial charge in [0.2, 0.25) is 0 Å². The third kappa shape index (κ3) is 1.78. The first-order valence-corrected chi connectivity index (χ1v) is 6.86. The quantitative estimate of drug-likeness (QED) is 0.820. The molecule has 3 nitrogen and oxygen atoms in total. The van der Waals surface area contributed by atoms with Crippen LogP contribution in [0, 0.1) is 12.8 Å². The van der Waals surface area contributed by atoms with Gasteiger partial charge in [-0.25, -0.2) is 4.79 Å². The molecule has 96 valence electrons. The molecule has 1 aliphatic carbocycles. The maximum atomic E-state index is 12.2. The number of rotatable bonds is 1. The summed E-state index contributed by atoms with van der Waals surface area (Å²) in [4.78, 5) is 15.2. The average molecular weight is 244 g/mol. The van der Waals surface area contributed by atoms with Gasteiger partial charge in [0.1, 0.15) is 0 Å². The Morgan fingerprint density at radius 2 is 1.94 bits per heavy atom. The molecule has 0 spiro atoms. The average Bonchev–Trinajstić information content (AvgIpc) is 2.69. The fourth-order valence-electron chi connectivity index (χ4n) is 3.16. The van der Waals surface area contributed by atoms with Gasteiger partial charge in [0, 0.05) is 6.04 Å². The Kier molecular flexibility index (Phi) is 2.77. The SMILES string of the molecule is Cc1cccc2c1[nH]c(=O)n2C1CCC(C)CC1. The first kappa shape index (κ1) is 11.6. The van der Waals surface area contributed by atoms with Crippen LogP contribution in [-0.4, -0.2) is 9.55 Å².